The Kier molecular flexibility index (Phi) is 9.45. The molecule has 0 saturated carbocycles. The fourth-order valence-corrected chi connectivity index (χ4v) is 5.77. The van der Waals surface area contributed by atoms with E-state index in [1.54, 1.807) is 0 Å². The molecule has 0 fully saturated rings. The third-order valence-corrected chi connectivity index (χ3v) is 8.22. The number of amides is 1. The number of hydrogen-bond donors (Lipinski definition) is 1. The number of benzene rings is 3. The lowest BCUT2D eigenvalue weighted by molar-refractivity contribution is 0.0947. The van der Waals surface area contributed by atoms with Crippen LogP contribution in [0.15, 0.2) is 89.6 Å². The lowest BCUT2D eigenvalue weighted by atomic mass is 9.93. The van der Waals surface area contributed by atoms with Gasteiger partial charge in [0.1, 0.15) is 24.7 Å². The van der Waals surface area contributed by atoms with E-state index in [1.165, 1.54) is 0 Å². The summed E-state index contributed by atoms with van der Waals surface area (Å²) in [7, 11) is 2.10. The molecular formula is C38H40N4O4. The number of rotatable bonds is 11. The van der Waals surface area contributed by atoms with E-state index in [0.717, 1.165) is 58.8 Å². The van der Waals surface area contributed by atoms with Crippen molar-refractivity contribution in [2.75, 3.05) is 20.1 Å². The Hall–Kier alpha value is -4.95. The average molecular weight is 617 g/mol. The Morgan fingerprint density at radius 3 is 2.28 bits per heavy atom. The van der Waals surface area contributed by atoms with Crippen molar-refractivity contribution in [2.45, 2.75) is 52.9 Å². The van der Waals surface area contributed by atoms with Crippen LogP contribution in [0.2, 0.25) is 0 Å². The molecule has 8 nitrogen and oxygen atoms in total. The van der Waals surface area contributed by atoms with E-state index in [4.69, 9.17) is 19.0 Å². The highest BCUT2D eigenvalue weighted by molar-refractivity contribution is 6.02. The molecule has 46 heavy (non-hydrogen) atoms. The van der Waals surface area contributed by atoms with Crippen LogP contribution < -0.4 is 14.8 Å². The van der Waals surface area contributed by atoms with E-state index < -0.39 is 0 Å². The number of hydrogen-bond acceptors (Lipinski definition) is 7. The zero-order valence-corrected chi connectivity index (χ0v) is 26.9. The second-order valence-electron chi connectivity index (χ2n) is 12.0. The second kappa shape index (κ2) is 14.0. The molecule has 8 heteroatoms. The highest BCUT2D eigenvalue weighted by atomic mass is 16.5. The Morgan fingerprint density at radius 1 is 0.957 bits per heavy atom. The molecule has 0 atom stereocenters. The van der Waals surface area contributed by atoms with E-state index in [2.05, 4.69) is 48.4 Å². The van der Waals surface area contributed by atoms with E-state index in [9.17, 15) is 4.79 Å². The van der Waals surface area contributed by atoms with Gasteiger partial charge in [0.25, 0.3) is 5.91 Å². The minimum absolute atomic E-state index is 0.128. The predicted octanol–water partition coefficient (Wildman–Crippen LogP) is 7.42. The quantitative estimate of drug-likeness (QED) is 0.165. The molecular weight excluding hydrogens is 576 g/mol. The van der Waals surface area contributed by atoms with Crippen molar-refractivity contribution in [2.24, 2.45) is 0 Å². The first-order valence-electron chi connectivity index (χ1n) is 15.9. The van der Waals surface area contributed by atoms with Gasteiger partial charge in [-0.25, -0.2) is 0 Å². The summed E-state index contributed by atoms with van der Waals surface area (Å²) in [5, 5.41) is 7.23. The molecule has 236 valence electrons. The number of aromatic nitrogens is 2. The molecule has 6 rings (SSSR count). The summed E-state index contributed by atoms with van der Waals surface area (Å²) in [6.45, 7) is 9.10. The number of nitrogens with zero attached hydrogens (tertiary/aromatic N) is 3. The van der Waals surface area contributed by atoms with Crippen LogP contribution in [0.25, 0.3) is 22.5 Å². The number of pyridine rings is 1. The standard InChI is InChI=1S/C38H40N4O4/c1-5-39-38(43)36-35(28-18-29-22-42(4)17-16-32(29)40-21-28)37(46-41-36)31-19-30(25(2)3)33(44-23-26-12-8-6-9-13-26)20-34(31)45-24-27-14-10-7-11-15-27/h6-15,18-21,25H,5,16-17,22-24H2,1-4H3,(H,39,43). The summed E-state index contributed by atoms with van der Waals surface area (Å²) in [5.74, 6) is 1.58. The van der Waals surface area contributed by atoms with Gasteiger partial charge in [0.05, 0.1) is 11.1 Å². The van der Waals surface area contributed by atoms with Crippen LogP contribution >= 0.6 is 0 Å². The van der Waals surface area contributed by atoms with Gasteiger partial charge in [-0.2, -0.15) is 0 Å². The van der Waals surface area contributed by atoms with Crippen LogP contribution in [-0.4, -0.2) is 41.1 Å². The summed E-state index contributed by atoms with van der Waals surface area (Å²) < 4.78 is 19.0. The second-order valence-corrected chi connectivity index (χ2v) is 12.0. The molecule has 1 N–H and O–H groups in total. The molecule has 1 amide bonds. The van der Waals surface area contributed by atoms with E-state index in [1.807, 2.05) is 79.9 Å². The van der Waals surface area contributed by atoms with Crippen molar-refractivity contribution in [3.63, 3.8) is 0 Å². The van der Waals surface area contributed by atoms with E-state index in [-0.39, 0.29) is 17.5 Å². The lowest BCUT2D eigenvalue weighted by Gasteiger charge is -2.24. The molecule has 5 aromatic rings. The highest BCUT2D eigenvalue weighted by Gasteiger charge is 2.29. The predicted molar refractivity (Wildman–Crippen MR) is 179 cm³/mol. The Balaban J connectivity index is 1.50. The Labute approximate surface area is 270 Å². The molecule has 1 aliphatic rings. The maximum atomic E-state index is 13.4. The van der Waals surface area contributed by atoms with Crippen LogP contribution in [-0.2, 0) is 26.2 Å². The first-order chi connectivity index (χ1) is 22.4. The van der Waals surface area contributed by atoms with Gasteiger partial charge in [0.2, 0.25) is 0 Å². The Bertz CT molecular complexity index is 1800. The molecule has 0 saturated heterocycles. The normalized spacial score (nSPS) is 13.0. The highest BCUT2D eigenvalue weighted by Crippen LogP contribution is 2.44. The third-order valence-electron chi connectivity index (χ3n) is 8.22. The first-order valence-corrected chi connectivity index (χ1v) is 15.9. The third kappa shape index (κ3) is 6.82. The zero-order chi connectivity index (χ0) is 32.0. The molecule has 0 aliphatic carbocycles. The number of fused-ring (bicyclic) bond motifs is 1. The summed E-state index contributed by atoms with van der Waals surface area (Å²) in [4.78, 5) is 20.4. The van der Waals surface area contributed by atoms with Crippen molar-refractivity contribution >= 4 is 5.91 Å². The van der Waals surface area contributed by atoms with Crippen LogP contribution in [0.5, 0.6) is 11.5 Å². The largest absolute Gasteiger partial charge is 0.488 e. The van der Waals surface area contributed by atoms with Gasteiger partial charge in [-0.1, -0.05) is 79.7 Å². The number of likely N-dealkylation sites (N-methyl/N-ethyl adjacent to an activating group) is 1. The van der Waals surface area contributed by atoms with E-state index >= 15 is 0 Å². The van der Waals surface area contributed by atoms with Gasteiger partial charge in [0.15, 0.2) is 11.5 Å². The minimum atomic E-state index is -0.305. The SMILES string of the molecule is CCNC(=O)c1noc(-c2cc(C(C)C)c(OCc3ccccc3)cc2OCc2ccccc2)c1-c1cnc2c(c1)CN(C)CC2. The van der Waals surface area contributed by atoms with Crippen molar-refractivity contribution in [1.29, 1.82) is 0 Å². The van der Waals surface area contributed by atoms with Crippen LogP contribution in [0.3, 0.4) is 0 Å². The molecule has 1 aliphatic heterocycles. The van der Waals surface area contributed by atoms with Gasteiger partial charge in [-0.3, -0.25) is 9.78 Å². The zero-order valence-electron chi connectivity index (χ0n) is 26.9. The maximum Gasteiger partial charge on any atom is 0.274 e. The summed E-state index contributed by atoms with van der Waals surface area (Å²) in [5.41, 5.74) is 7.57. The van der Waals surface area contributed by atoms with Crippen LogP contribution in [0.1, 0.15) is 65.1 Å². The number of carbonyl (C=O) groups is 1. The van der Waals surface area contributed by atoms with Gasteiger partial charge in [-0.15, -0.1) is 0 Å². The van der Waals surface area contributed by atoms with Crippen molar-refractivity contribution in [1.82, 2.24) is 20.4 Å². The molecule has 0 bridgehead atoms. The van der Waals surface area contributed by atoms with Crippen molar-refractivity contribution < 1.29 is 18.8 Å². The first kappa shape index (κ1) is 31.0. The van der Waals surface area contributed by atoms with Crippen molar-refractivity contribution in [3.8, 4) is 33.9 Å². The van der Waals surface area contributed by atoms with Gasteiger partial charge in [0, 0.05) is 49.6 Å². The van der Waals surface area contributed by atoms with Crippen LogP contribution in [0, 0.1) is 0 Å². The van der Waals surface area contributed by atoms with Gasteiger partial charge in [-0.05, 0) is 54.3 Å². The number of nitrogens with one attached hydrogen (secondary N) is 1. The molecule has 3 aromatic carbocycles. The fourth-order valence-electron chi connectivity index (χ4n) is 5.77. The monoisotopic (exact) mass is 616 g/mol. The Morgan fingerprint density at radius 2 is 1.63 bits per heavy atom. The average Bonchev–Trinajstić information content (AvgIpc) is 3.52. The molecule has 2 aromatic heterocycles. The molecule has 0 radical (unpaired) electrons. The van der Waals surface area contributed by atoms with Crippen molar-refractivity contribution in [3.05, 3.63) is 119 Å². The number of ether oxygens (including phenoxy) is 2. The molecule has 0 spiro atoms. The summed E-state index contributed by atoms with van der Waals surface area (Å²) in [6.07, 6.45) is 2.71. The maximum absolute atomic E-state index is 13.4. The fraction of sp³-hybridized carbons (Fsp3) is 0.289. The topological polar surface area (TPSA) is 89.7 Å². The lowest BCUT2D eigenvalue weighted by Crippen LogP contribution is -2.27. The van der Waals surface area contributed by atoms with E-state index in [0.29, 0.717) is 42.4 Å². The van der Waals surface area contributed by atoms with Gasteiger partial charge >= 0.3 is 0 Å². The summed E-state index contributed by atoms with van der Waals surface area (Å²) in [6, 6.07) is 26.2. The number of carbonyl (C=O) groups excluding carboxylic acids is 1. The minimum Gasteiger partial charge on any atom is -0.488 e. The smallest absolute Gasteiger partial charge is 0.274 e. The summed E-state index contributed by atoms with van der Waals surface area (Å²) >= 11 is 0. The molecule has 3 heterocycles. The van der Waals surface area contributed by atoms with Crippen LogP contribution in [0.4, 0.5) is 0 Å². The molecule has 0 unspecified atom stereocenters. The van der Waals surface area contributed by atoms with Gasteiger partial charge < -0.3 is 24.2 Å².